The lowest BCUT2D eigenvalue weighted by Crippen LogP contribution is -2.53. The lowest BCUT2D eigenvalue weighted by atomic mass is 9.96. The van der Waals surface area contributed by atoms with Crippen molar-refractivity contribution >= 4 is 34.1 Å². The van der Waals surface area contributed by atoms with Gasteiger partial charge >= 0.3 is 18.3 Å². The number of ether oxygens (including phenoxy) is 1. The summed E-state index contributed by atoms with van der Waals surface area (Å²) in [4.78, 5) is 43.4. The molecule has 19 heteroatoms. The zero-order valence-corrected chi connectivity index (χ0v) is 26.5. The molecule has 2 N–H and O–H groups in total. The molecule has 0 radical (unpaired) electrons. The van der Waals surface area contributed by atoms with Crippen LogP contribution in [-0.2, 0) is 29.2 Å². The number of hydrogen-bond acceptors (Lipinski definition) is 6. The van der Waals surface area contributed by atoms with E-state index in [1.165, 1.54) is 13.2 Å². The van der Waals surface area contributed by atoms with Gasteiger partial charge in [0.25, 0.3) is 11.5 Å². The minimum Gasteiger partial charge on any atom is -0.480 e. The zero-order chi connectivity index (χ0) is 37.9. The van der Waals surface area contributed by atoms with Gasteiger partial charge in [0, 0.05) is 54.7 Å². The zero-order valence-electron chi connectivity index (χ0n) is 26.5. The number of aliphatic carboxylic acids is 1. The van der Waals surface area contributed by atoms with Crippen LogP contribution in [-0.4, -0.2) is 69.0 Å². The molecule has 4 heterocycles. The fourth-order valence-electron chi connectivity index (χ4n) is 6.26. The number of halogens is 9. The molecular weight excluding hydrogens is 717 g/mol. The molecule has 1 aliphatic heterocycles. The van der Waals surface area contributed by atoms with E-state index in [0.29, 0.717) is 23.1 Å². The first-order chi connectivity index (χ1) is 24.4. The molecule has 1 aliphatic rings. The Labute approximate surface area is 285 Å². The van der Waals surface area contributed by atoms with Crippen LogP contribution >= 0.6 is 0 Å². The van der Waals surface area contributed by atoms with Crippen molar-refractivity contribution in [3.05, 3.63) is 99.5 Å². The van der Waals surface area contributed by atoms with Crippen LogP contribution in [0.5, 0.6) is 0 Å². The van der Waals surface area contributed by atoms with Gasteiger partial charge in [-0.1, -0.05) is 0 Å². The highest BCUT2D eigenvalue weighted by molar-refractivity contribution is 5.97. The minimum absolute atomic E-state index is 0.00275. The summed E-state index contributed by atoms with van der Waals surface area (Å²) in [6, 6.07) is 1.64. The Morgan fingerprint density at radius 3 is 2.37 bits per heavy atom. The number of nitrogens with zero attached hydrogens (tertiary/aromatic N) is 4. The number of benzene rings is 2. The van der Waals surface area contributed by atoms with E-state index in [1.807, 2.05) is 5.32 Å². The number of alkyl halides is 6. The van der Waals surface area contributed by atoms with Crippen LogP contribution < -0.4 is 15.8 Å². The molecule has 10 nitrogen and oxygen atoms in total. The lowest BCUT2D eigenvalue weighted by molar-refractivity contribution is -0.167. The summed E-state index contributed by atoms with van der Waals surface area (Å²) < 4.78 is 136. The number of carboxylic acids is 1. The van der Waals surface area contributed by atoms with E-state index >= 15 is 8.78 Å². The summed E-state index contributed by atoms with van der Waals surface area (Å²) in [5.74, 6) is -7.42. The van der Waals surface area contributed by atoms with Crippen LogP contribution in [0.3, 0.4) is 0 Å². The highest BCUT2D eigenvalue weighted by Gasteiger charge is 2.46. The van der Waals surface area contributed by atoms with E-state index < -0.39 is 100 Å². The predicted molar refractivity (Wildman–Crippen MR) is 165 cm³/mol. The molecule has 2 unspecified atom stereocenters. The van der Waals surface area contributed by atoms with E-state index in [9.17, 15) is 50.2 Å². The molecule has 1 fully saturated rings. The van der Waals surface area contributed by atoms with E-state index in [0.717, 1.165) is 39.4 Å². The molecule has 1 amide bonds. The molecule has 0 spiro atoms. The van der Waals surface area contributed by atoms with Crippen molar-refractivity contribution in [3.8, 4) is 11.1 Å². The van der Waals surface area contributed by atoms with Crippen LogP contribution in [0.2, 0.25) is 0 Å². The molecule has 0 saturated carbocycles. The van der Waals surface area contributed by atoms with Gasteiger partial charge in [-0.25, -0.2) is 22.9 Å². The molecule has 274 valence electrons. The highest BCUT2D eigenvalue weighted by atomic mass is 19.4. The normalized spacial score (nSPS) is 16.0. The van der Waals surface area contributed by atoms with Gasteiger partial charge in [-0.2, -0.15) is 26.3 Å². The summed E-state index contributed by atoms with van der Waals surface area (Å²) in [5.41, 5.74) is -6.01. The largest absolute Gasteiger partial charge is 0.480 e. The van der Waals surface area contributed by atoms with Crippen molar-refractivity contribution in [2.75, 3.05) is 24.7 Å². The molecule has 1 saturated heterocycles. The molecule has 2 atom stereocenters. The van der Waals surface area contributed by atoms with Crippen LogP contribution in [0.25, 0.3) is 27.7 Å². The number of nitrogens with one attached hydrogen (secondary N) is 1. The second-order valence-electron chi connectivity index (χ2n) is 11.8. The number of carbonyl (C=O) groups excluding carboxylic acids is 1. The van der Waals surface area contributed by atoms with Gasteiger partial charge in [0.05, 0.1) is 29.9 Å². The number of morpholine rings is 1. The smallest absolute Gasteiger partial charge is 0.417 e. The highest BCUT2D eigenvalue weighted by Crippen LogP contribution is 2.41. The number of aromatic nitrogens is 3. The van der Waals surface area contributed by atoms with Crippen molar-refractivity contribution in [3.63, 3.8) is 0 Å². The molecular formula is C33H24F9N5O5. The van der Waals surface area contributed by atoms with Crippen LogP contribution in [0, 0.1) is 17.5 Å². The van der Waals surface area contributed by atoms with E-state index in [2.05, 4.69) is 4.98 Å². The Balaban J connectivity index is 1.34. The van der Waals surface area contributed by atoms with Crippen molar-refractivity contribution in [2.45, 2.75) is 30.9 Å². The van der Waals surface area contributed by atoms with Crippen molar-refractivity contribution in [1.82, 2.24) is 19.3 Å². The van der Waals surface area contributed by atoms with Crippen molar-refractivity contribution < 1.29 is 58.9 Å². The molecule has 52 heavy (non-hydrogen) atoms. The SMILES string of the molecule is Cn1c(=O)c(-c2ccc(CC(NC(=O)c3c(F)cc(N4CCOCC4C(F)(F)F)cc3F)C(=O)O)n3ccnc23)c(C(F)(F)F)c2cc(F)ccc21. The Morgan fingerprint density at radius 2 is 1.73 bits per heavy atom. The first kappa shape index (κ1) is 36.2. The standard InChI is InChI=1S/C33H24F9N5O5/c1-45-23-5-2-15(34)10-19(23)27(33(40,41)42)25(30(45)49)18-4-3-16(47-7-6-43-28(18)47)13-22(31(50)51)44-29(48)26-20(35)11-17(12-21(26)36)46-8-9-52-14-24(46)32(37,38)39/h2-7,10-12,22,24H,8-9,13-14H2,1H3,(H,44,48)(H,50,51). The summed E-state index contributed by atoms with van der Waals surface area (Å²) in [6.45, 7) is -1.35. The molecule has 0 bridgehead atoms. The summed E-state index contributed by atoms with van der Waals surface area (Å²) in [5, 5.41) is 11.3. The average molecular weight is 742 g/mol. The third-order valence-corrected chi connectivity index (χ3v) is 8.65. The summed E-state index contributed by atoms with van der Waals surface area (Å²) >= 11 is 0. The topological polar surface area (TPSA) is 118 Å². The number of carbonyl (C=O) groups is 2. The van der Waals surface area contributed by atoms with Gasteiger partial charge < -0.3 is 29.0 Å². The second-order valence-corrected chi connectivity index (χ2v) is 11.8. The van der Waals surface area contributed by atoms with Gasteiger partial charge in [0.2, 0.25) is 0 Å². The number of anilines is 1. The van der Waals surface area contributed by atoms with Gasteiger partial charge in [-0.05, 0) is 42.5 Å². The van der Waals surface area contributed by atoms with Crippen LogP contribution in [0.1, 0.15) is 21.6 Å². The Bertz CT molecular complexity index is 2280. The summed E-state index contributed by atoms with van der Waals surface area (Å²) in [7, 11) is 1.20. The fraction of sp³-hybridized carbons (Fsp3) is 0.273. The average Bonchev–Trinajstić information content (AvgIpc) is 3.55. The number of aryl methyl sites for hydroxylation is 1. The monoisotopic (exact) mass is 741 g/mol. The number of rotatable bonds is 7. The quantitative estimate of drug-likeness (QED) is 0.212. The number of imidazole rings is 1. The van der Waals surface area contributed by atoms with Gasteiger partial charge in [0.15, 0.2) is 0 Å². The molecule has 6 rings (SSSR count). The Morgan fingerprint density at radius 1 is 1.04 bits per heavy atom. The maximum absolute atomic E-state index is 15.2. The third kappa shape index (κ3) is 6.51. The number of amides is 1. The lowest BCUT2D eigenvalue weighted by Gasteiger charge is -2.38. The Kier molecular flexibility index (Phi) is 9.18. The Hall–Kier alpha value is -5.59. The molecule has 5 aromatic rings. The van der Waals surface area contributed by atoms with Crippen LogP contribution in [0.4, 0.5) is 45.2 Å². The van der Waals surface area contributed by atoms with E-state index in [4.69, 9.17) is 4.74 Å². The molecule has 2 aromatic carbocycles. The van der Waals surface area contributed by atoms with Gasteiger partial charge in [0.1, 0.15) is 40.7 Å². The van der Waals surface area contributed by atoms with Gasteiger partial charge in [-0.3, -0.25) is 9.59 Å². The molecule has 3 aromatic heterocycles. The molecule has 0 aliphatic carbocycles. The fourth-order valence-corrected chi connectivity index (χ4v) is 6.26. The minimum atomic E-state index is -5.15. The maximum Gasteiger partial charge on any atom is 0.417 e. The maximum atomic E-state index is 15.2. The first-order valence-corrected chi connectivity index (χ1v) is 15.2. The van der Waals surface area contributed by atoms with Crippen molar-refractivity contribution in [1.29, 1.82) is 0 Å². The predicted octanol–water partition coefficient (Wildman–Crippen LogP) is 5.48. The number of hydrogen-bond donors (Lipinski definition) is 2. The summed E-state index contributed by atoms with van der Waals surface area (Å²) in [6.07, 6.45) is -8.24. The number of carboxylic acid groups (broad SMARTS) is 1. The second kappa shape index (κ2) is 13.2. The van der Waals surface area contributed by atoms with E-state index in [-0.39, 0.29) is 35.6 Å². The van der Waals surface area contributed by atoms with E-state index in [1.54, 1.807) is 0 Å². The van der Waals surface area contributed by atoms with Crippen LogP contribution in [0.15, 0.2) is 59.7 Å². The number of pyridine rings is 2. The van der Waals surface area contributed by atoms with Crippen molar-refractivity contribution in [2.24, 2.45) is 7.05 Å². The first-order valence-electron chi connectivity index (χ1n) is 15.2. The number of fused-ring (bicyclic) bond motifs is 2. The third-order valence-electron chi connectivity index (χ3n) is 8.65. The van der Waals surface area contributed by atoms with Gasteiger partial charge in [-0.15, -0.1) is 0 Å².